The number of methoxy groups -OCH3 is 1. The van der Waals surface area contributed by atoms with Gasteiger partial charge in [-0.3, -0.25) is 57.5 Å². The Balaban J connectivity index is 1.34. The molecule has 0 aromatic heterocycles. The average Bonchev–Trinajstić information content (AvgIpc) is 0.859. The number of fused-ring (bicyclic) bond motifs is 3. The number of likely N-dealkylation sites (N-methyl/N-ethyl adjacent to an activating group) is 6. The minimum absolute atomic E-state index is 0.0160. The number of ether oxygens (including phenoxy) is 2. The predicted octanol–water partition coefficient (Wildman–Crippen LogP) is 5.58. The molecule has 6 fully saturated rings. The van der Waals surface area contributed by atoms with Crippen molar-refractivity contribution in [2.45, 2.75) is 268 Å². The van der Waals surface area contributed by atoms with E-state index in [4.69, 9.17) is 9.47 Å². The van der Waals surface area contributed by atoms with Gasteiger partial charge in [-0.2, -0.15) is 13.2 Å². The highest BCUT2D eigenvalue weighted by Crippen LogP contribution is 2.50. The fourth-order valence-corrected chi connectivity index (χ4v) is 17.3. The van der Waals surface area contributed by atoms with E-state index in [9.17, 15) is 37.1 Å². The van der Waals surface area contributed by atoms with Crippen LogP contribution in [0.1, 0.15) is 183 Å². The Morgan fingerprint density at radius 1 is 0.673 bits per heavy atom. The summed E-state index contributed by atoms with van der Waals surface area (Å²) < 4.78 is 84.6. The second-order valence-corrected chi connectivity index (χ2v) is 32.4. The van der Waals surface area contributed by atoms with Crippen LogP contribution < -0.4 is 16.0 Å². The van der Waals surface area contributed by atoms with E-state index >= 15 is 42.3 Å². The molecule has 0 radical (unpaired) electrons. The van der Waals surface area contributed by atoms with Crippen molar-refractivity contribution in [3.8, 4) is 0 Å². The summed E-state index contributed by atoms with van der Waals surface area (Å²) >= 11 is 0. The molecule has 2 bridgehead atoms. The Morgan fingerprint density at radius 3 is 1.87 bits per heavy atom. The SMILES string of the molecule is CCO[C@@H]1C[C@H]2C(=O)NC3(CC(C)(C)C3)C(=O)N(C)[C@@H](C(CC)CC)C(=O)N(C)[C@H](C(=O)N(C)C)CC(=O)N(C)[C@@H](COC)C(=O)N[C@@H]([C@@H](C)CC)C(=O)N(C3CC3)CC(=O)N(C)[C@H]3C/C=C\CCN(C3=O)[C@@H](CC3CCCCC3)C(=O)N(C)CC(=O)N[C@@H](CCC3CC(F)C(C(F)(F)F)C(F)C3)C(=O)N2C1. The topological polar surface area (TPSA) is 289 Å². The van der Waals surface area contributed by atoms with Crippen molar-refractivity contribution in [1.82, 2.24) is 60.0 Å². The second-order valence-electron chi connectivity index (χ2n) is 32.4. The summed E-state index contributed by atoms with van der Waals surface area (Å²) in [6.45, 7) is 10.9. The third-order valence-corrected chi connectivity index (χ3v) is 23.8. The first kappa shape index (κ1) is 87.2. The third kappa shape index (κ3) is 21.1. The zero-order valence-electron chi connectivity index (χ0n) is 65.7. The number of rotatable bonds is 16. The lowest BCUT2D eigenvalue weighted by atomic mass is 9.58. The summed E-state index contributed by atoms with van der Waals surface area (Å²) in [7, 11) is 11.1. The molecular weight excluding hydrogens is 1400 g/mol. The second kappa shape index (κ2) is 37.6. The van der Waals surface area contributed by atoms with Gasteiger partial charge in [-0.1, -0.05) is 105 Å². The molecule has 107 heavy (non-hydrogen) atoms. The summed E-state index contributed by atoms with van der Waals surface area (Å²) in [6.07, 6.45) is -3.75. The Labute approximate surface area is 628 Å². The fourth-order valence-electron chi connectivity index (χ4n) is 17.3. The summed E-state index contributed by atoms with van der Waals surface area (Å²) in [5, 5.41) is 8.61. The standard InChI is InChI=1S/C76H121F5N12O14/c1-16-45(5)63-71(103)92(49-30-31-49)41-61(96)87(11)54-28-24-21-25-33-91(70(54)102)57(36-46-26-22-20-23-27-46)69(101)86(10)40-59(94)82-53(32-29-47-34-51(77)62(52(78)35-47)76(79,80)81)67(99)93-39-50(107-19-4)37-55(93)66(98)84-75(43-74(6,7)44-75)73(105)90(14)64(48(17-2)18-3)72(104)89(13)56(68(100)85(8)9)38-60(95)88(12)58(42-106-15)65(97)83-63/h21,24,45-58,62-64H,16-20,22-23,25-44H2,1-15H3,(H,82,94)(H,83,97)(H,84,98)/b24-21-/t45-,47?,50+,51?,52?,53-,54-,55-,56-,57-,58-,62?,63-,64-/m0/s1. The molecule has 7 aliphatic rings. The molecule has 2 saturated heterocycles. The number of carbonyl (C=O) groups excluding carboxylic acids is 12. The summed E-state index contributed by atoms with van der Waals surface area (Å²) in [5.74, 6) is -13.9. The van der Waals surface area contributed by atoms with Crippen molar-refractivity contribution in [2.75, 3.05) is 95.8 Å². The van der Waals surface area contributed by atoms with Gasteiger partial charge in [-0.25, -0.2) is 8.78 Å². The first-order valence-corrected chi connectivity index (χ1v) is 38.8. The maximum atomic E-state index is 15.8. The average molecular weight is 1520 g/mol. The minimum Gasteiger partial charge on any atom is -0.382 e. The fraction of sp³-hybridized carbons (Fsp3) is 0.816. The van der Waals surface area contributed by atoms with E-state index in [1.165, 1.54) is 85.8 Å². The number of amides is 12. The van der Waals surface area contributed by atoms with E-state index in [0.717, 1.165) is 46.8 Å². The van der Waals surface area contributed by atoms with E-state index < -0.39 is 223 Å². The quantitative estimate of drug-likeness (QED) is 0.126. The van der Waals surface area contributed by atoms with Gasteiger partial charge in [0.05, 0.1) is 25.7 Å². The molecule has 3 heterocycles. The van der Waals surface area contributed by atoms with Gasteiger partial charge in [-0.05, 0) is 107 Å². The maximum absolute atomic E-state index is 15.8. The van der Waals surface area contributed by atoms with Crippen LogP contribution in [0, 0.1) is 35.0 Å². The zero-order valence-corrected chi connectivity index (χ0v) is 65.7. The lowest BCUT2D eigenvalue weighted by Crippen LogP contribution is -2.71. The van der Waals surface area contributed by atoms with Gasteiger partial charge < -0.3 is 69.5 Å². The molecule has 12 atom stereocenters. The maximum Gasteiger partial charge on any atom is 0.397 e. The first-order valence-electron chi connectivity index (χ1n) is 38.8. The number of nitrogens with zero attached hydrogens (tertiary/aromatic N) is 9. The van der Waals surface area contributed by atoms with Crippen LogP contribution in [-0.4, -0.2) is 295 Å². The zero-order chi connectivity index (χ0) is 79.5. The Morgan fingerprint density at radius 2 is 1.31 bits per heavy atom. The summed E-state index contributed by atoms with van der Waals surface area (Å²) in [5.41, 5.74) is -2.33. The van der Waals surface area contributed by atoms with E-state index in [0.29, 0.717) is 38.5 Å². The minimum atomic E-state index is -5.18. The van der Waals surface area contributed by atoms with E-state index in [1.54, 1.807) is 19.9 Å². The predicted molar refractivity (Wildman–Crippen MR) is 387 cm³/mol. The molecule has 4 aliphatic carbocycles. The highest BCUT2D eigenvalue weighted by molar-refractivity contribution is 6.01. The van der Waals surface area contributed by atoms with Gasteiger partial charge >= 0.3 is 6.18 Å². The Kier molecular flexibility index (Phi) is 30.6. The van der Waals surface area contributed by atoms with Gasteiger partial charge in [0.1, 0.15) is 78.7 Å². The van der Waals surface area contributed by atoms with Crippen LogP contribution in [0.2, 0.25) is 0 Å². The molecule has 4 saturated carbocycles. The molecular formula is C76H121F5N12O14. The van der Waals surface area contributed by atoms with E-state index in [2.05, 4.69) is 16.0 Å². The Bertz CT molecular complexity index is 3180. The highest BCUT2D eigenvalue weighted by atomic mass is 19.4. The lowest BCUT2D eigenvalue weighted by Gasteiger charge is -2.54. The van der Waals surface area contributed by atoms with Crippen LogP contribution in [0.4, 0.5) is 22.0 Å². The van der Waals surface area contributed by atoms with Crippen LogP contribution in [0.5, 0.6) is 0 Å². The van der Waals surface area contributed by atoms with Crippen LogP contribution in [-0.2, 0) is 67.0 Å². The van der Waals surface area contributed by atoms with E-state index in [1.807, 2.05) is 40.7 Å². The molecule has 604 valence electrons. The molecule has 2 unspecified atom stereocenters. The molecule has 26 nitrogen and oxygen atoms in total. The number of nitrogens with one attached hydrogen (secondary N) is 3. The van der Waals surface area contributed by atoms with Gasteiger partial charge in [0.25, 0.3) is 0 Å². The van der Waals surface area contributed by atoms with Crippen LogP contribution >= 0.6 is 0 Å². The van der Waals surface area contributed by atoms with Crippen LogP contribution in [0.3, 0.4) is 0 Å². The number of alkyl halides is 5. The van der Waals surface area contributed by atoms with Crippen LogP contribution in [0.25, 0.3) is 0 Å². The molecule has 0 aromatic rings. The highest BCUT2D eigenvalue weighted by Gasteiger charge is 2.60. The number of halogens is 5. The van der Waals surface area contributed by atoms with Crippen molar-refractivity contribution in [2.24, 2.45) is 35.0 Å². The van der Waals surface area contributed by atoms with Gasteiger partial charge in [0.2, 0.25) is 70.9 Å². The van der Waals surface area contributed by atoms with Gasteiger partial charge in [-0.15, -0.1) is 0 Å². The van der Waals surface area contributed by atoms with Crippen molar-refractivity contribution in [3.05, 3.63) is 12.2 Å². The molecule has 3 N–H and O–H groups in total. The normalized spacial score (nSPS) is 31.1. The van der Waals surface area contributed by atoms with Crippen molar-refractivity contribution >= 4 is 70.9 Å². The molecule has 31 heteroatoms. The van der Waals surface area contributed by atoms with E-state index in [-0.39, 0.29) is 70.7 Å². The molecule has 3 aliphatic heterocycles. The smallest absolute Gasteiger partial charge is 0.382 e. The molecule has 7 rings (SSSR count). The first-order chi connectivity index (χ1) is 50.3. The van der Waals surface area contributed by atoms with Crippen LogP contribution in [0.15, 0.2) is 12.2 Å². The monoisotopic (exact) mass is 1520 g/mol. The number of carbonyl (C=O) groups is 12. The van der Waals surface area contributed by atoms with Gasteiger partial charge in [0, 0.05) is 88.6 Å². The van der Waals surface area contributed by atoms with Crippen molar-refractivity contribution in [1.29, 1.82) is 0 Å². The Hall–Kier alpha value is -7.05. The third-order valence-electron chi connectivity index (χ3n) is 23.8. The lowest BCUT2D eigenvalue weighted by molar-refractivity contribution is -0.219. The molecule has 1 spiro atoms. The largest absolute Gasteiger partial charge is 0.397 e. The van der Waals surface area contributed by atoms with Crippen molar-refractivity contribution < 1.29 is 89.0 Å². The number of hydrogen-bond acceptors (Lipinski definition) is 14. The van der Waals surface area contributed by atoms with Crippen molar-refractivity contribution in [3.63, 3.8) is 0 Å². The molecule has 0 aromatic carbocycles. The summed E-state index contributed by atoms with van der Waals surface area (Å²) in [4.78, 5) is 194. The number of hydrogen-bond donors (Lipinski definition) is 3. The van der Waals surface area contributed by atoms with Gasteiger partial charge in [0.15, 0.2) is 0 Å². The molecule has 12 amide bonds. The summed E-state index contributed by atoms with van der Waals surface area (Å²) in [6, 6.07) is -11.4.